The minimum atomic E-state index is -0.533. The molecule has 0 saturated carbocycles. The van der Waals surface area contributed by atoms with Crippen LogP contribution in [0.15, 0.2) is 70.0 Å². The number of carbonyl (C=O) groups excluding carboxylic acids is 3. The summed E-state index contributed by atoms with van der Waals surface area (Å²) in [5, 5.41) is 2.80. The van der Waals surface area contributed by atoms with Crippen molar-refractivity contribution in [2.75, 3.05) is 18.5 Å². The van der Waals surface area contributed by atoms with Gasteiger partial charge in [0.25, 0.3) is 11.1 Å². The van der Waals surface area contributed by atoms with Crippen molar-refractivity contribution in [3.05, 3.63) is 89.8 Å². The standard InChI is InChI=1S/C27H21BrClIN2O5S/c1-2-36-22-12-16(11-20(30)25(22)37-15-17-7-3-5-9-19(17)29)13-23-26(34)32(27(35)38-23)14-24(33)31-21-10-6-4-8-18(21)28/h3-13H,2,14-15H2,1H3,(H,31,33)/b23-13+. The summed E-state index contributed by atoms with van der Waals surface area (Å²) in [4.78, 5) is 39.2. The zero-order chi connectivity index (χ0) is 27.2. The van der Waals surface area contributed by atoms with Crippen LogP contribution in [0.3, 0.4) is 0 Å². The van der Waals surface area contributed by atoms with Crippen molar-refractivity contribution in [1.29, 1.82) is 0 Å². The van der Waals surface area contributed by atoms with Crippen LogP contribution < -0.4 is 14.8 Å². The molecule has 7 nitrogen and oxygen atoms in total. The van der Waals surface area contributed by atoms with Crippen LogP contribution >= 0.6 is 61.9 Å². The molecule has 0 aromatic heterocycles. The molecule has 3 amide bonds. The van der Waals surface area contributed by atoms with Gasteiger partial charge < -0.3 is 14.8 Å². The maximum atomic E-state index is 13.0. The van der Waals surface area contributed by atoms with E-state index in [0.29, 0.717) is 38.9 Å². The number of amides is 3. The van der Waals surface area contributed by atoms with E-state index in [4.69, 9.17) is 21.1 Å². The maximum Gasteiger partial charge on any atom is 0.294 e. The predicted molar refractivity (Wildman–Crippen MR) is 162 cm³/mol. The number of para-hydroxylation sites is 1. The first-order valence-corrected chi connectivity index (χ1v) is 14.5. The van der Waals surface area contributed by atoms with Crippen LogP contribution in [0.4, 0.5) is 10.5 Å². The van der Waals surface area contributed by atoms with Gasteiger partial charge in [-0.15, -0.1) is 0 Å². The van der Waals surface area contributed by atoms with Gasteiger partial charge in [0.15, 0.2) is 11.5 Å². The Labute approximate surface area is 251 Å². The second-order valence-electron chi connectivity index (χ2n) is 7.94. The average molecular weight is 728 g/mol. The second-order valence-corrected chi connectivity index (χ2v) is 11.4. The number of nitrogens with zero attached hydrogens (tertiary/aromatic N) is 1. The Morgan fingerprint density at radius 2 is 1.87 bits per heavy atom. The lowest BCUT2D eigenvalue weighted by atomic mass is 10.1. The smallest absolute Gasteiger partial charge is 0.294 e. The SMILES string of the molecule is CCOc1cc(/C=C2/SC(=O)N(CC(=O)Nc3ccccc3Br)C2=O)cc(I)c1OCc1ccccc1Cl. The molecule has 4 rings (SSSR count). The number of nitrogens with one attached hydrogen (secondary N) is 1. The van der Waals surface area contributed by atoms with Gasteiger partial charge in [0.1, 0.15) is 13.2 Å². The molecule has 3 aromatic rings. The number of benzene rings is 3. The zero-order valence-electron chi connectivity index (χ0n) is 20.0. The molecule has 1 aliphatic rings. The van der Waals surface area contributed by atoms with Crippen LogP contribution in [0, 0.1) is 3.57 Å². The van der Waals surface area contributed by atoms with Gasteiger partial charge in [-0.05, 0) is 99.2 Å². The van der Waals surface area contributed by atoms with E-state index in [1.54, 1.807) is 36.4 Å². The Bertz CT molecular complexity index is 1430. The van der Waals surface area contributed by atoms with Crippen molar-refractivity contribution >= 4 is 90.7 Å². The quantitative estimate of drug-likeness (QED) is 0.183. The van der Waals surface area contributed by atoms with Crippen molar-refractivity contribution in [2.45, 2.75) is 13.5 Å². The number of ether oxygens (including phenoxy) is 2. The highest BCUT2D eigenvalue weighted by Gasteiger charge is 2.36. The summed E-state index contributed by atoms with van der Waals surface area (Å²) >= 11 is 12.5. The molecular formula is C27H21BrClIN2O5S. The molecule has 1 heterocycles. The van der Waals surface area contributed by atoms with Crippen LogP contribution in [0.5, 0.6) is 11.5 Å². The van der Waals surface area contributed by atoms with Crippen molar-refractivity contribution in [3.63, 3.8) is 0 Å². The summed E-state index contributed by atoms with van der Waals surface area (Å²) in [6.45, 7) is 2.14. The lowest BCUT2D eigenvalue weighted by molar-refractivity contribution is -0.127. The highest BCUT2D eigenvalue weighted by molar-refractivity contribution is 14.1. The van der Waals surface area contributed by atoms with Crippen molar-refractivity contribution in [3.8, 4) is 11.5 Å². The molecule has 1 aliphatic heterocycles. The third-order valence-corrected chi connectivity index (χ3v) is 8.05. The number of hydrogen-bond donors (Lipinski definition) is 1. The van der Waals surface area contributed by atoms with Crippen molar-refractivity contribution in [2.24, 2.45) is 0 Å². The Morgan fingerprint density at radius 3 is 2.61 bits per heavy atom. The molecule has 196 valence electrons. The molecule has 0 bridgehead atoms. The molecule has 38 heavy (non-hydrogen) atoms. The first kappa shape index (κ1) is 28.5. The monoisotopic (exact) mass is 726 g/mol. The molecule has 0 radical (unpaired) electrons. The summed E-state index contributed by atoms with van der Waals surface area (Å²) in [7, 11) is 0. The van der Waals surface area contributed by atoms with Gasteiger partial charge in [-0.3, -0.25) is 19.3 Å². The topological polar surface area (TPSA) is 84.9 Å². The molecule has 1 fully saturated rings. The molecular weight excluding hydrogens is 707 g/mol. The number of anilines is 1. The van der Waals surface area contributed by atoms with E-state index in [9.17, 15) is 14.4 Å². The highest BCUT2D eigenvalue weighted by Crippen LogP contribution is 2.38. The van der Waals surface area contributed by atoms with Crippen molar-refractivity contribution in [1.82, 2.24) is 4.90 Å². The third kappa shape index (κ3) is 6.90. The average Bonchev–Trinajstić information content (AvgIpc) is 3.13. The largest absolute Gasteiger partial charge is 0.490 e. The number of hydrogen-bond acceptors (Lipinski definition) is 6. The summed E-state index contributed by atoms with van der Waals surface area (Å²) in [5.74, 6) is 0.0501. The van der Waals surface area contributed by atoms with E-state index in [-0.39, 0.29) is 18.1 Å². The summed E-state index contributed by atoms with van der Waals surface area (Å²) in [5.41, 5.74) is 2.05. The lowest BCUT2D eigenvalue weighted by Gasteiger charge is -2.15. The van der Waals surface area contributed by atoms with Gasteiger partial charge >= 0.3 is 0 Å². The first-order valence-electron chi connectivity index (χ1n) is 11.4. The van der Waals surface area contributed by atoms with E-state index >= 15 is 0 Å². The van der Waals surface area contributed by atoms with Gasteiger partial charge in [-0.25, -0.2) is 0 Å². The molecule has 0 spiro atoms. The Balaban J connectivity index is 1.50. The van der Waals surface area contributed by atoms with E-state index < -0.39 is 17.1 Å². The van der Waals surface area contributed by atoms with Crippen LogP contribution in [0.2, 0.25) is 5.02 Å². The van der Waals surface area contributed by atoms with Gasteiger partial charge in [0, 0.05) is 15.1 Å². The Hall–Kier alpha value is -2.54. The highest BCUT2D eigenvalue weighted by atomic mass is 127. The fourth-order valence-electron chi connectivity index (χ4n) is 3.52. The molecule has 11 heteroatoms. The Morgan fingerprint density at radius 1 is 1.13 bits per heavy atom. The maximum absolute atomic E-state index is 13.0. The molecule has 1 N–H and O–H groups in total. The summed E-state index contributed by atoms with van der Waals surface area (Å²) in [6, 6.07) is 18.1. The van der Waals surface area contributed by atoms with E-state index in [0.717, 1.165) is 25.8 Å². The second kappa shape index (κ2) is 13.0. The number of thioether (sulfide) groups is 1. The van der Waals surface area contributed by atoms with Crippen LogP contribution in [0.25, 0.3) is 6.08 Å². The van der Waals surface area contributed by atoms with E-state index in [1.807, 2.05) is 37.3 Å². The number of imide groups is 1. The van der Waals surface area contributed by atoms with Gasteiger partial charge in [0.05, 0.1) is 20.8 Å². The molecule has 0 unspecified atom stereocenters. The molecule has 0 aliphatic carbocycles. The summed E-state index contributed by atoms with van der Waals surface area (Å²) in [6.07, 6.45) is 1.61. The van der Waals surface area contributed by atoms with Crippen LogP contribution in [-0.4, -0.2) is 35.1 Å². The number of halogens is 3. The normalized spacial score (nSPS) is 14.2. The fourth-order valence-corrected chi connectivity index (χ4v) is 5.72. The summed E-state index contributed by atoms with van der Waals surface area (Å²) < 4.78 is 13.3. The molecule has 0 atom stereocenters. The van der Waals surface area contributed by atoms with Crippen LogP contribution in [0.1, 0.15) is 18.1 Å². The number of carbonyl (C=O) groups is 3. The van der Waals surface area contributed by atoms with Crippen LogP contribution in [-0.2, 0) is 16.2 Å². The lowest BCUT2D eigenvalue weighted by Crippen LogP contribution is -2.36. The van der Waals surface area contributed by atoms with Gasteiger partial charge in [0.2, 0.25) is 5.91 Å². The number of rotatable bonds is 9. The fraction of sp³-hybridized carbons (Fsp3) is 0.148. The van der Waals surface area contributed by atoms with E-state index in [1.165, 1.54) is 0 Å². The minimum absolute atomic E-state index is 0.215. The van der Waals surface area contributed by atoms with Gasteiger partial charge in [-0.2, -0.15) is 0 Å². The molecule has 1 saturated heterocycles. The van der Waals surface area contributed by atoms with Crippen molar-refractivity contribution < 1.29 is 23.9 Å². The van der Waals surface area contributed by atoms with Gasteiger partial charge in [-0.1, -0.05) is 41.9 Å². The minimum Gasteiger partial charge on any atom is -0.490 e. The zero-order valence-corrected chi connectivity index (χ0v) is 25.3. The first-order chi connectivity index (χ1) is 18.3. The predicted octanol–water partition coefficient (Wildman–Crippen LogP) is 7.36. The Kier molecular flexibility index (Phi) is 9.74. The molecule has 3 aromatic carbocycles. The third-order valence-electron chi connectivity index (χ3n) is 5.28. The van der Waals surface area contributed by atoms with E-state index in [2.05, 4.69) is 43.8 Å².